The lowest BCUT2D eigenvalue weighted by atomic mass is 9.98. The van der Waals surface area contributed by atoms with Gasteiger partial charge in [0.25, 0.3) is 5.91 Å². The molecule has 1 aromatic heterocycles. The van der Waals surface area contributed by atoms with E-state index >= 15 is 0 Å². The molecule has 0 aliphatic carbocycles. The summed E-state index contributed by atoms with van der Waals surface area (Å²) in [4.78, 5) is 21.1. The van der Waals surface area contributed by atoms with Gasteiger partial charge in [0.05, 0.1) is 23.4 Å². The molecule has 1 aromatic carbocycles. The molecule has 1 fully saturated rings. The maximum Gasteiger partial charge on any atom is 0.416 e. The molecule has 1 saturated heterocycles. The third-order valence-electron chi connectivity index (χ3n) is 4.90. The summed E-state index contributed by atoms with van der Waals surface area (Å²) in [6, 6.07) is 2.79. The van der Waals surface area contributed by atoms with Gasteiger partial charge >= 0.3 is 6.18 Å². The Hall–Kier alpha value is -3.45. The second-order valence-electron chi connectivity index (χ2n) is 7.41. The molecule has 34 heavy (non-hydrogen) atoms. The van der Waals surface area contributed by atoms with Crippen molar-refractivity contribution in [2.24, 2.45) is 5.73 Å². The Kier molecular flexibility index (Phi) is 9.57. The molecule has 1 aliphatic rings. The summed E-state index contributed by atoms with van der Waals surface area (Å²) in [6.07, 6.45) is -2.20. The molecule has 0 saturated carbocycles. The zero-order valence-electron chi connectivity index (χ0n) is 18.7. The van der Waals surface area contributed by atoms with E-state index < -0.39 is 23.4 Å². The molecule has 1 atom stereocenters. The van der Waals surface area contributed by atoms with E-state index in [9.17, 15) is 23.1 Å². The number of aromatic nitrogens is 2. The van der Waals surface area contributed by atoms with Crippen LogP contribution < -0.4 is 21.7 Å². The van der Waals surface area contributed by atoms with Crippen LogP contribution in [0.4, 0.5) is 19.0 Å². The monoisotopic (exact) mass is 484 g/mol. The van der Waals surface area contributed by atoms with Crippen LogP contribution in [0, 0.1) is 0 Å². The highest BCUT2D eigenvalue weighted by atomic mass is 19.4. The summed E-state index contributed by atoms with van der Waals surface area (Å²) in [5.41, 5.74) is 4.53. The first-order valence-corrected chi connectivity index (χ1v) is 10.3. The minimum atomic E-state index is -4.65. The Morgan fingerprint density at radius 1 is 1.35 bits per heavy atom. The Balaban J connectivity index is 0.000000945. The second kappa shape index (κ2) is 12.1. The number of hydrogen-bond donors (Lipinski definition) is 5. The molecule has 2 heterocycles. The van der Waals surface area contributed by atoms with E-state index in [0.29, 0.717) is 19.0 Å². The minimum Gasteiger partial charge on any atom is -0.507 e. The van der Waals surface area contributed by atoms with Crippen molar-refractivity contribution in [2.45, 2.75) is 31.7 Å². The first-order valence-electron chi connectivity index (χ1n) is 10.3. The largest absolute Gasteiger partial charge is 0.507 e. The van der Waals surface area contributed by atoms with E-state index in [0.717, 1.165) is 25.5 Å². The summed E-state index contributed by atoms with van der Waals surface area (Å²) >= 11 is 0. The molecular formula is C21H27F3N6O4. The van der Waals surface area contributed by atoms with E-state index in [1.165, 1.54) is 13.2 Å². The molecule has 0 bridgehead atoms. The van der Waals surface area contributed by atoms with Crippen molar-refractivity contribution in [3.8, 4) is 17.0 Å². The number of nitrogens with one attached hydrogen (secondary N) is 3. The fourth-order valence-electron chi connectivity index (χ4n) is 3.39. The van der Waals surface area contributed by atoms with Crippen LogP contribution in [0.15, 0.2) is 18.2 Å². The van der Waals surface area contributed by atoms with Crippen molar-refractivity contribution < 1.29 is 32.6 Å². The Morgan fingerprint density at radius 2 is 2.06 bits per heavy atom. The fourth-order valence-corrected chi connectivity index (χ4v) is 3.39. The van der Waals surface area contributed by atoms with E-state index in [1.807, 2.05) is 0 Å². The maximum atomic E-state index is 13.1. The van der Waals surface area contributed by atoms with Gasteiger partial charge < -0.3 is 31.5 Å². The van der Waals surface area contributed by atoms with Crippen LogP contribution in [0.25, 0.3) is 11.3 Å². The summed E-state index contributed by atoms with van der Waals surface area (Å²) in [6.45, 7) is 1.37. The van der Waals surface area contributed by atoms with Gasteiger partial charge in [-0.05, 0) is 43.1 Å². The standard InChI is InChI=1S/C19H22F3N5O3.C2H5NO/c1-30-9-10-5-11(19(20,21)22)6-15(28)16(10)14-7-13(17(23)29)18(27-26-14)25-12-3-2-4-24-8-12;1-3-2-4/h5-7,12,24,28H,2-4,8-9H2,1H3,(H2,23,29)(H,25,27);2H,1H3,(H,3,4). The number of nitrogens with zero attached hydrogens (tertiary/aromatic N) is 2. The number of alkyl halides is 3. The maximum absolute atomic E-state index is 13.1. The van der Waals surface area contributed by atoms with Gasteiger partial charge in [-0.25, -0.2) is 0 Å². The molecule has 0 spiro atoms. The Bertz CT molecular complexity index is 997. The van der Waals surface area contributed by atoms with Gasteiger partial charge in [-0.2, -0.15) is 13.2 Å². The van der Waals surface area contributed by atoms with E-state index in [-0.39, 0.29) is 40.9 Å². The van der Waals surface area contributed by atoms with Crippen LogP contribution in [0.3, 0.4) is 0 Å². The van der Waals surface area contributed by atoms with Crippen LogP contribution in [-0.4, -0.2) is 60.9 Å². The van der Waals surface area contributed by atoms with Crippen molar-refractivity contribution in [2.75, 3.05) is 32.6 Å². The number of primary amides is 1. The summed E-state index contributed by atoms with van der Waals surface area (Å²) < 4.78 is 44.3. The van der Waals surface area contributed by atoms with Crippen molar-refractivity contribution in [3.05, 3.63) is 34.9 Å². The van der Waals surface area contributed by atoms with Gasteiger partial charge in [0.2, 0.25) is 6.41 Å². The number of methoxy groups -OCH3 is 1. The van der Waals surface area contributed by atoms with E-state index in [1.54, 1.807) is 7.05 Å². The van der Waals surface area contributed by atoms with Gasteiger partial charge in [0.15, 0.2) is 5.82 Å². The molecule has 1 unspecified atom stereocenters. The van der Waals surface area contributed by atoms with Crippen molar-refractivity contribution >= 4 is 18.1 Å². The van der Waals surface area contributed by atoms with Crippen LogP contribution in [0.1, 0.15) is 34.3 Å². The van der Waals surface area contributed by atoms with Crippen molar-refractivity contribution in [1.29, 1.82) is 0 Å². The molecule has 3 rings (SSSR count). The van der Waals surface area contributed by atoms with Crippen LogP contribution in [0.5, 0.6) is 5.75 Å². The third kappa shape index (κ3) is 7.02. The Labute approximate surface area is 194 Å². The summed E-state index contributed by atoms with van der Waals surface area (Å²) in [5.74, 6) is -1.25. The smallest absolute Gasteiger partial charge is 0.416 e. The van der Waals surface area contributed by atoms with E-state index in [2.05, 4.69) is 26.1 Å². The highest BCUT2D eigenvalue weighted by Crippen LogP contribution is 2.39. The van der Waals surface area contributed by atoms with Gasteiger partial charge in [-0.1, -0.05) is 0 Å². The van der Waals surface area contributed by atoms with Crippen LogP contribution in [-0.2, 0) is 22.3 Å². The number of hydrogen-bond acceptors (Lipinski definition) is 8. The number of carbonyl (C=O) groups excluding carboxylic acids is 2. The van der Waals surface area contributed by atoms with Crippen LogP contribution >= 0.6 is 0 Å². The van der Waals surface area contributed by atoms with E-state index in [4.69, 9.17) is 15.3 Å². The number of anilines is 1. The number of benzene rings is 1. The lowest BCUT2D eigenvalue weighted by molar-refractivity contribution is -0.137. The molecule has 13 heteroatoms. The fraction of sp³-hybridized carbons (Fsp3) is 0.429. The number of nitrogens with two attached hydrogens (primary N) is 1. The minimum absolute atomic E-state index is 0.00858. The van der Waals surface area contributed by atoms with Crippen molar-refractivity contribution in [3.63, 3.8) is 0 Å². The van der Waals surface area contributed by atoms with Gasteiger partial charge in [0, 0.05) is 32.3 Å². The number of carbonyl (C=O) groups is 2. The predicted molar refractivity (Wildman–Crippen MR) is 118 cm³/mol. The van der Waals surface area contributed by atoms with Gasteiger partial charge in [0.1, 0.15) is 5.75 Å². The molecular weight excluding hydrogens is 457 g/mol. The quantitative estimate of drug-likeness (QED) is 0.372. The number of halogens is 3. The zero-order chi connectivity index (χ0) is 25.3. The average Bonchev–Trinajstić information content (AvgIpc) is 2.79. The average molecular weight is 484 g/mol. The van der Waals surface area contributed by atoms with Gasteiger partial charge in [-0.15, -0.1) is 10.2 Å². The first kappa shape index (κ1) is 26.8. The molecule has 186 valence electrons. The Morgan fingerprint density at radius 3 is 2.59 bits per heavy atom. The second-order valence-corrected chi connectivity index (χ2v) is 7.41. The summed E-state index contributed by atoms with van der Waals surface area (Å²) in [5, 5.41) is 26.9. The molecule has 2 aromatic rings. The zero-order valence-corrected chi connectivity index (χ0v) is 18.7. The highest BCUT2D eigenvalue weighted by Gasteiger charge is 2.33. The number of aromatic hydroxyl groups is 1. The van der Waals surface area contributed by atoms with Gasteiger partial charge in [-0.3, -0.25) is 9.59 Å². The SMILES string of the molecule is CNC=O.COCc1cc(C(F)(F)F)cc(O)c1-c1cc(C(N)=O)c(NC2CCCNC2)nn1. The normalized spacial score (nSPS) is 15.6. The number of phenolic OH excluding ortho intramolecular Hbond substituents is 1. The molecule has 10 nitrogen and oxygen atoms in total. The van der Waals surface area contributed by atoms with Crippen molar-refractivity contribution in [1.82, 2.24) is 20.8 Å². The topological polar surface area (TPSA) is 151 Å². The van der Waals surface area contributed by atoms with Crippen LogP contribution in [0.2, 0.25) is 0 Å². The predicted octanol–water partition coefficient (Wildman–Crippen LogP) is 1.64. The lowest BCUT2D eigenvalue weighted by Gasteiger charge is -2.24. The molecule has 6 N–H and O–H groups in total. The number of rotatable bonds is 7. The number of amides is 2. The molecule has 0 radical (unpaired) electrons. The number of phenols is 1. The third-order valence-corrected chi connectivity index (χ3v) is 4.90. The number of piperidine rings is 1. The number of ether oxygens (including phenoxy) is 1. The highest BCUT2D eigenvalue weighted by molar-refractivity contribution is 5.98. The molecule has 1 aliphatic heterocycles. The lowest BCUT2D eigenvalue weighted by Crippen LogP contribution is -2.39. The first-order chi connectivity index (χ1) is 16.1. The summed E-state index contributed by atoms with van der Waals surface area (Å²) in [7, 11) is 2.87. The molecule has 2 amide bonds.